The van der Waals surface area contributed by atoms with E-state index in [0.29, 0.717) is 5.54 Å². The van der Waals surface area contributed by atoms with Gasteiger partial charge in [0.15, 0.2) is 0 Å². The van der Waals surface area contributed by atoms with Gasteiger partial charge in [-0.1, -0.05) is 18.2 Å². The molecule has 0 radical (unpaired) electrons. The molecule has 4 fully saturated rings. The van der Waals surface area contributed by atoms with Crippen LogP contribution in [0.1, 0.15) is 37.8 Å². The lowest BCUT2D eigenvalue weighted by atomic mass is 9.76. The maximum atomic E-state index is 5.14. The van der Waals surface area contributed by atoms with Crippen molar-refractivity contribution < 1.29 is 0 Å². The summed E-state index contributed by atoms with van der Waals surface area (Å²) in [5.41, 5.74) is 2.84. The Kier molecular flexibility index (Phi) is 2.29. The molecular weight excluding hydrogens is 256 g/mol. The second-order valence-corrected chi connectivity index (χ2v) is 7.64. The highest BCUT2D eigenvalue weighted by Gasteiger charge is 2.55. The molecule has 2 atom stereocenters. The highest BCUT2D eigenvalue weighted by Crippen LogP contribution is 2.61. The van der Waals surface area contributed by atoms with Crippen LogP contribution in [0.3, 0.4) is 0 Å². The summed E-state index contributed by atoms with van der Waals surface area (Å²) < 4.78 is 2.27. The Morgan fingerprint density at radius 2 is 1.90 bits per heavy atom. The van der Waals surface area contributed by atoms with Crippen molar-refractivity contribution in [2.75, 3.05) is 0 Å². The number of rotatable bonds is 2. The number of nitrogens with zero attached hydrogens (tertiary/aromatic N) is 2. The molecule has 0 spiro atoms. The Balaban J connectivity index is 1.50. The predicted octanol–water partition coefficient (Wildman–Crippen LogP) is 4.18. The highest BCUT2D eigenvalue weighted by atomic mass is 15.0. The first kappa shape index (κ1) is 12.0. The smallest absolute Gasteiger partial charge is 0.0617 e. The molecule has 6 rings (SSSR count). The van der Waals surface area contributed by atoms with E-state index < -0.39 is 0 Å². The second-order valence-electron chi connectivity index (χ2n) is 7.64. The van der Waals surface area contributed by atoms with E-state index in [1.807, 2.05) is 0 Å². The maximum absolute atomic E-state index is 5.14. The molecule has 2 unspecified atom stereocenters. The summed E-state index contributed by atoms with van der Waals surface area (Å²) in [6.45, 7) is 0. The molecule has 4 bridgehead atoms. The Labute approximate surface area is 125 Å². The topological polar surface area (TPSA) is 17.3 Å². The lowest BCUT2D eigenvalue weighted by molar-refractivity contribution is 0.237. The monoisotopic (exact) mass is 278 g/mol. The van der Waals surface area contributed by atoms with Crippen LogP contribution in [0.25, 0.3) is 10.9 Å². The number of aromatic nitrogens is 1. The molecule has 1 heterocycles. The molecule has 0 N–H and O–H groups in total. The molecule has 1 aromatic heterocycles. The quantitative estimate of drug-likeness (QED) is 0.733. The molecular formula is C19H22N2. The van der Waals surface area contributed by atoms with E-state index in [9.17, 15) is 0 Å². The average molecular weight is 278 g/mol. The van der Waals surface area contributed by atoms with E-state index in [2.05, 4.69) is 48.2 Å². The van der Waals surface area contributed by atoms with Crippen molar-refractivity contribution in [1.82, 2.24) is 4.57 Å². The minimum Gasteiger partial charge on any atom is -0.343 e. The van der Waals surface area contributed by atoms with Gasteiger partial charge in [0.05, 0.1) is 11.2 Å². The number of fused-ring (bicyclic) bond motifs is 1. The first-order chi connectivity index (χ1) is 10.2. The van der Waals surface area contributed by atoms with Crippen LogP contribution in [0, 0.1) is 17.8 Å². The molecule has 0 amide bonds. The second kappa shape index (κ2) is 4.00. The van der Waals surface area contributed by atoms with Crippen LogP contribution in [-0.4, -0.2) is 16.3 Å². The Morgan fingerprint density at radius 1 is 1.14 bits per heavy atom. The van der Waals surface area contributed by atoms with E-state index in [1.165, 1.54) is 48.7 Å². The fourth-order valence-corrected chi connectivity index (χ4v) is 5.56. The van der Waals surface area contributed by atoms with Crippen LogP contribution in [0.15, 0.2) is 35.3 Å². The van der Waals surface area contributed by atoms with E-state index >= 15 is 0 Å². The van der Waals surface area contributed by atoms with Crippen LogP contribution in [-0.2, 0) is 7.05 Å². The number of benzene rings is 1. The molecule has 2 aromatic rings. The Hall–Kier alpha value is -1.57. The third kappa shape index (κ3) is 1.68. The molecule has 4 saturated carbocycles. The first-order valence-corrected chi connectivity index (χ1v) is 8.32. The third-order valence-corrected chi connectivity index (χ3v) is 6.35. The molecule has 4 aliphatic rings. The molecule has 0 aliphatic heterocycles. The van der Waals surface area contributed by atoms with Gasteiger partial charge in [-0.3, -0.25) is 4.99 Å². The summed E-state index contributed by atoms with van der Waals surface area (Å²) in [5, 5.41) is 1.31. The van der Waals surface area contributed by atoms with Crippen LogP contribution in [0.4, 0.5) is 0 Å². The van der Waals surface area contributed by atoms with Crippen molar-refractivity contribution in [3.8, 4) is 0 Å². The maximum Gasteiger partial charge on any atom is 0.0617 e. The SMILES string of the molecule is Cn1c(C=NC23CC4CC(C2)C(C4)C3)cc2ccccc21. The first-order valence-electron chi connectivity index (χ1n) is 8.32. The summed E-state index contributed by atoms with van der Waals surface area (Å²) in [4.78, 5) is 5.14. The summed E-state index contributed by atoms with van der Waals surface area (Å²) >= 11 is 0. The molecule has 0 saturated heterocycles. The van der Waals surface area contributed by atoms with Crippen molar-refractivity contribution in [3.63, 3.8) is 0 Å². The van der Waals surface area contributed by atoms with Crippen LogP contribution < -0.4 is 0 Å². The van der Waals surface area contributed by atoms with Gasteiger partial charge in [0.2, 0.25) is 0 Å². The van der Waals surface area contributed by atoms with Gasteiger partial charge >= 0.3 is 0 Å². The molecule has 108 valence electrons. The lowest BCUT2D eigenvalue weighted by Crippen LogP contribution is -2.32. The minimum absolute atomic E-state index is 0.299. The van der Waals surface area contributed by atoms with Crippen molar-refractivity contribution in [2.45, 2.75) is 37.6 Å². The van der Waals surface area contributed by atoms with Gasteiger partial charge in [-0.2, -0.15) is 0 Å². The largest absolute Gasteiger partial charge is 0.343 e. The zero-order chi connectivity index (χ0) is 14.0. The van der Waals surface area contributed by atoms with Crippen LogP contribution >= 0.6 is 0 Å². The number of hydrogen-bond acceptors (Lipinski definition) is 1. The number of para-hydroxylation sites is 1. The van der Waals surface area contributed by atoms with Crippen molar-refractivity contribution in [3.05, 3.63) is 36.0 Å². The number of hydrogen-bond donors (Lipinski definition) is 0. The van der Waals surface area contributed by atoms with Gasteiger partial charge < -0.3 is 4.57 Å². The van der Waals surface area contributed by atoms with E-state index in [-0.39, 0.29) is 0 Å². The normalized spacial score (nSPS) is 37.3. The lowest BCUT2D eigenvalue weighted by Gasteiger charge is -2.34. The predicted molar refractivity (Wildman–Crippen MR) is 86.8 cm³/mol. The van der Waals surface area contributed by atoms with E-state index in [4.69, 9.17) is 4.99 Å². The molecule has 21 heavy (non-hydrogen) atoms. The van der Waals surface area contributed by atoms with Crippen LogP contribution in [0.5, 0.6) is 0 Å². The highest BCUT2D eigenvalue weighted by molar-refractivity contribution is 5.90. The Bertz CT molecular complexity index is 720. The van der Waals surface area contributed by atoms with Gasteiger partial charge in [0.1, 0.15) is 0 Å². The van der Waals surface area contributed by atoms with Crippen molar-refractivity contribution >= 4 is 17.1 Å². The zero-order valence-electron chi connectivity index (χ0n) is 12.6. The summed E-state index contributed by atoms with van der Waals surface area (Å²) in [6, 6.07) is 10.9. The fourth-order valence-electron chi connectivity index (χ4n) is 5.56. The zero-order valence-corrected chi connectivity index (χ0v) is 12.6. The van der Waals surface area contributed by atoms with Gasteiger partial charge in [0, 0.05) is 24.2 Å². The summed E-state index contributed by atoms with van der Waals surface area (Å²) in [5.74, 6) is 2.97. The number of aryl methyl sites for hydroxylation is 1. The summed E-state index contributed by atoms with van der Waals surface area (Å²) in [6.07, 6.45) is 9.21. The third-order valence-electron chi connectivity index (χ3n) is 6.35. The van der Waals surface area contributed by atoms with Crippen molar-refractivity contribution in [2.24, 2.45) is 29.8 Å². The fraction of sp³-hybridized carbons (Fsp3) is 0.526. The number of aliphatic imine (C=N–C) groups is 1. The van der Waals surface area contributed by atoms with Gasteiger partial charge in [-0.15, -0.1) is 0 Å². The van der Waals surface area contributed by atoms with Gasteiger partial charge in [-0.05, 0) is 62.0 Å². The van der Waals surface area contributed by atoms with Crippen molar-refractivity contribution in [1.29, 1.82) is 0 Å². The Morgan fingerprint density at radius 3 is 2.62 bits per heavy atom. The molecule has 2 nitrogen and oxygen atoms in total. The van der Waals surface area contributed by atoms with Gasteiger partial charge in [-0.25, -0.2) is 0 Å². The average Bonchev–Trinajstić information content (AvgIpc) is 3.04. The molecule has 4 aliphatic carbocycles. The van der Waals surface area contributed by atoms with Crippen LogP contribution in [0.2, 0.25) is 0 Å². The molecule has 1 aromatic carbocycles. The van der Waals surface area contributed by atoms with Gasteiger partial charge in [0.25, 0.3) is 0 Å². The van der Waals surface area contributed by atoms with E-state index in [1.54, 1.807) is 0 Å². The molecule has 2 heteroatoms. The standard InChI is InChI=1S/C19H22N2/c1-21-17(8-14-4-2-3-5-18(14)21)12-20-19-9-13-6-15(10-19)16(7-13)11-19/h2-5,8,12-13,15-16H,6-7,9-11H2,1H3. The summed E-state index contributed by atoms with van der Waals surface area (Å²) in [7, 11) is 2.15. The minimum atomic E-state index is 0.299. The van der Waals surface area contributed by atoms with E-state index in [0.717, 1.165) is 17.8 Å².